The van der Waals surface area contributed by atoms with Crippen molar-refractivity contribution in [3.05, 3.63) is 41.0 Å². The van der Waals surface area contributed by atoms with Crippen LogP contribution < -0.4 is 10.6 Å². The van der Waals surface area contributed by atoms with Gasteiger partial charge in [-0.1, -0.05) is 45.0 Å². The zero-order chi connectivity index (χ0) is 25.8. The summed E-state index contributed by atoms with van der Waals surface area (Å²) in [5, 5.41) is 24.8. The number of amides is 3. The molecule has 0 spiro atoms. The maximum atomic E-state index is 13.4. The van der Waals surface area contributed by atoms with E-state index < -0.39 is 35.4 Å². The van der Waals surface area contributed by atoms with Crippen LogP contribution in [0.2, 0.25) is 0 Å². The Kier molecular flexibility index (Phi) is 8.63. The summed E-state index contributed by atoms with van der Waals surface area (Å²) in [7, 11) is 0. The molecule has 2 heterocycles. The van der Waals surface area contributed by atoms with Crippen LogP contribution in [0.4, 0.5) is 0 Å². The first-order valence-corrected chi connectivity index (χ1v) is 12.5. The SMILES string of the molecule is Cc1ncsc1-c1ccc(CNC(=O)[C@@H]2C[C@@H](O)CN2C(=O)C(NC(=O)CCO)C(C)(C)C)cc1. The average Bonchev–Trinajstić information content (AvgIpc) is 3.40. The van der Waals surface area contributed by atoms with Crippen LogP contribution in [0.3, 0.4) is 0 Å². The van der Waals surface area contributed by atoms with Crippen molar-refractivity contribution < 1.29 is 24.6 Å². The number of aliphatic hydroxyl groups excluding tert-OH is 2. The summed E-state index contributed by atoms with van der Waals surface area (Å²) in [6.07, 6.45) is -0.818. The minimum absolute atomic E-state index is 0.0161. The third kappa shape index (κ3) is 6.65. The van der Waals surface area contributed by atoms with E-state index in [1.165, 1.54) is 4.90 Å². The number of aliphatic hydroxyl groups is 2. The predicted octanol–water partition coefficient (Wildman–Crippen LogP) is 1.61. The number of aromatic nitrogens is 1. The summed E-state index contributed by atoms with van der Waals surface area (Å²) >= 11 is 1.58. The number of likely N-dealkylation sites (tertiary alicyclic amines) is 1. The van der Waals surface area contributed by atoms with Crippen molar-refractivity contribution in [2.75, 3.05) is 13.2 Å². The van der Waals surface area contributed by atoms with Crippen LogP contribution in [-0.4, -0.2) is 69.2 Å². The van der Waals surface area contributed by atoms with Gasteiger partial charge >= 0.3 is 0 Å². The molecule has 0 aliphatic carbocycles. The lowest BCUT2D eigenvalue weighted by Gasteiger charge is -2.35. The Labute approximate surface area is 209 Å². The number of hydrogen-bond donors (Lipinski definition) is 4. The topological polar surface area (TPSA) is 132 Å². The van der Waals surface area contributed by atoms with E-state index in [0.717, 1.165) is 21.7 Å². The molecular formula is C25H34N4O5S. The summed E-state index contributed by atoms with van der Waals surface area (Å²) < 4.78 is 0. The first kappa shape index (κ1) is 26.8. The fraction of sp³-hybridized carbons (Fsp3) is 0.520. The second-order valence-corrected chi connectivity index (χ2v) is 10.8. The monoisotopic (exact) mass is 502 g/mol. The molecule has 0 bridgehead atoms. The molecule has 10 heteroatoms. The van der Waals surface area contributed by atoms with Gasteiger partial charge < -0.3 is 25.7 Å². The van der Waals surface area contributed by atoms with Gasteiger partial charge in [-0.05, 0) is 23.5 Å². The molecule has 3 rings (SSSR count). The second kappa shape index (κ2) is 11.3. The van der Waals surface area contributed by atoms with Gasteiger partial charge in [0.15, 0.2) is 0 Å². The van der Waals surface area contributed by atoms with E-state index in [4.69, 9.17) is 5.11 Å². The van der Waals surface area contributed by atoms with Crippen LogP contribution in [0, 0.1) is 12.3 Å². The lowest BCUT2D eigenvalue weighted by atomic mass is 9.85. The zero-order valence-electron chi connectivity index (χ0n) is 20.6. The molecule has 1 saturated heterocycles. The minimum atomic E-state index is -0.898. The fourth-order valence-corrected chi connectivity index (χ4v) is 4.93. The molecule has 3 atom stereocenters. The van der Waals surface area contributed by atoms with Crippen molar-refractivity contribution in [3.63, 3.8) is 0 Å². The summed E-state index contributed by atoms with van der Waals surface area (Å²) in [6.45, 7) is 7.38. The summed E-state index contributed by atoms with van der Waals surface area (Å²) in [4.78, 5) is 45.3. The molecule has 0 radical (unpaired) electrons. The van der Waals surface area contributed by atoms with Gasteiger partial charge in [0.2, 0.25) is 17.7 Å². The Balaban J connectivity index is 1.67. The number of carbonyl (C=O) groups excluding carboxylic acids is 3. The number of hydrogen-bond acceptors (Lipinski definition) is 7. The Morgan fingerprint density at radius 3 is 2.49 bits per heavy atom. The summed E-state index contributed by atoms with van der Waals surface area (Å²) in [6, 6.07) is 6.11. The van der Waals surface area contributed by atoms with E-state index in [9.17, 15) is 19.5 Å². The molecule has 1 fully saturated rings. The largest absolute Gasteiger partial charge is 0.396 e. The number of rotatable bonds is 8. The van der Waals surface area contributed by atoms with E-state index in [1.54, 1.807) is 11.3 Å². The molecular weight excluding hydrogens is 468 g/mol. The maximum absolute atomic E-state index is 13.4. The van der Waals surface area contributed by atoms with Crippen molar-refractivity contribution in [1.82, 2.24) is 20.5 Å². The molecule has 3 amide bonds. The number of nitrogens with one attached hydrogen (secondary N) is 2. The van der Waals surface area contributed by atoms with Crippen molar-refractivity contribution in [2.45, 2.75) is 65.3 Å². The van der Waals surface area contributed by atoms with Crippen molar-refractivity contribution in [3.8, 4) is 10.4 Å². The zero-order valence-corrected chi connectivity index (χ0v) is 21.4. The molecule has 1 aromatic carbocycles. The van der Waals surface area contributed by atoms with E-state index >= 15 is 0 Å². The highest BCUT2D eigenvalue weighted by atomic mass is 32.1. The Bertz CT molecular complexity index is 1050. The van der Waals surface area contributed by atoms with E-state index in [1.807, 2.05) is 57.5 Å². The number of thiazole rings is 1. The maximum Gasteiger partial charge on any atom is 0.246 e. The third-order valence-corrected chi connectivity index (χ3v) is 7.03. The van der Waals surface area contributed by atoms with Gasteiger partial charge in [-0.15, -0.1) is 11.3 Å². The third-order valence-electron chi connectivity index (χ3n) is 6.05. The predicted molar refractivity (Wildman–Crippen MR) is 133 cm³/mol. The normalized spacial score (nSPS) is 18.9. The van der Waals surface area contributed by atoms with Crippen LogP contribution in [0.1, 0.15) is 44.9 Å². The van der Waals surface area contributed by atoms with Crippen LogP contribution in [0.15, 0.2) is 29.8 Å². The van der Waals surface area contributed by atoms with Gasteiger partial charge in [0.05, 0.1) is 28.8 Å². The standard InChI is InChI=1S/C25H34N4O5S/c1-15-21(35-14-27-15)17-7-5-16(6-8-17)12-26-23(33)19-11-18(31)13-29(19)24(34)22(25(2,3)4)28-20(32)9-10-30/h5-8,14,18-19,22,30-31H,9-13H2,1-4H3,(H,26,33)(H,28,32)/t18-,19+,22?/m1/s1. The molecule has 190 valence electrons. The number of benzene rings is 1. The van der Waals surface area contributed by atoms with Crippen LogP contribution in [0.5, 0.6) is 0 Å². The Morgan fingerprint density at radius 2 is 1.91 bits per heavy atom. The highest BCUT2D eigenvalue weighted by Crippen LogP contribution is 2.28. The molecule has 1 aliphatic rings. The first-order valence-electron chi connectivity index (χ1n) is 11.7. The highest BCUT2D eigenvalue weighted by molar-refractivity contribution is 7.13. The van der Waals surface area contributed by atoms with Crippen LogP contribution in [-0.2, 0) is 20.9 Å². The quantitative estimate of drug-likeness (QED) is 0.434. The van der Waals surface area contributed by atoms with Crippen LogP contribution >= 0.6 is 11.3 Å². The molecule has 35 heavy (non-hydrogen) atoms. The van der Waals surface area contributed by atoms with Gasteiger partial charge in [-0.3, -0.25) is 14.4 Å². The number of β-amino-alcohol motifs (C(OH)–C–C–N with tert-alkyl or cyclic N) is 1. The lowest BCUT2D eigenvalue weighted by Crippen LogP contribution is -2.57. The van der Waals surface area contributed by atoms with Crippen molar-refractivity contribution in [1.29, 1.82) is 0 Å². The average molecular weight is 503 g/mol. The van der Waals surface area contributed by atoms with Gasteiger partial charge in [0.1, 0.15) is 12.1 Å². The van der Waals surface area contributed by atoms with E-state index in [2.05, 4.69) is 15.6 Å². The van der Waals surface area contributed by atoms with Gasteiger partial charge in [-0.2, -0.15) is 0 Å². The van der Waals surface area contributed by atoms with E-state index in [-0.39, 0.29) is 38.4 Å². The molecule has 2 aromatic rings. The Morgan fingerprint density at radius 1 is 1.23 bits per heavy atom. The van der Waals surface area contributed by atoms with Crippen LogP contribution in [0.25, 0.3) is 10.4 Å². The van der Waals surface area contributed by atoms with Gasteiger partial charge in [-0.25, -0.2) is 4.98 Å². The van der Waals surface area contributed by atoms with E-state index in [0.29, 0.717) is 0 Å². The molecule has 0 saturated carbocycles. The van der Waals surface area contributed by atoms with Gasteiger partial charge in [0, 0.05) is 25.9 Å². The molecule has 4 N–H and O–H groups in total. The first-order chi connectivity index (χ1) is 16.5. The molecule has 9 nitrogen and oxygen atoms in total. The minimum Gasteiger partial charge on any atom is -0.396 e. The van der Waals surface area contributed by atoms with Gasteiger partial charge in [0.25, 0.3) is 0 Å². The molecule has 1 aromatic heterocycles. The van der Waals surface area contributed by atoms with Crippen molar-refractivity contribution in [2.24, 2.45) is 5.41 Å². The summed E-state index contributed by atoms with van der Waals surface area (Å²) in [5.41, 5.74) is 4.12. The number of nitrogens with zero attached hydrogens (tertiary/aromatic N) is 2. The fourth-order valence-electron chi connectivity index (χ4n) is 4.12. The number of aryl methyl sites for hydroxylation is 1. The Hall–Kier alpha value is -2.82. The molecule has 1 aliphatic heterocycles. The van der Waals surface area contributed by atoms with Crippen molar-refractivity contribution >= 4 is 29.1 Å². The lowest BCUT2D eigenvalue weighted by molar-refractivity contribution is -0.144. The molecule has 1 unspecified atom stereocenters. The highest BCUT2D eigenvalue weighted by Gasteiger charge is 2.44. The second-order valence-electron chi connectivity index (χ2n) is 9.92. The number of carbonyl (C=O) groups is 3. The smallest absolute Gasteiger partial charge is 0.246 e. The summed E-state index contributed by atoms with van der Waals surface area (Å²) in [5.74, 6) is -1.23.